The highest BCUT2D eigenvalue weighted by atomic mass is 35.5. The molecule has 0 N–H and O–H groups in total. The fraction of sp³-hybridized carbons (Fsp3) is 0.214. The maximum Gasteiger partial charge on any atom is 0.331 e. The van der Waals surface area contributed by atoms with E-state index >= 15 is 0 Å². The monoisotopic (exact) mass is 445 g/mol. The second-order valence-corrected chi connectivity index (χ2v) is 8.89. The van der Waals surface area contributed by atoms with Crippen LogP contribution in [0.2, 0.25) is 5.02 Å². The number of carbonyl (C=O) groups is 1. The molecule has 0 aliphatic carbocycles. The molecule has 0 saturated carbocycles. The molecule has 0 spiro atoms. The minimum absolute atomic E-state index is 0.349. The van der Waals surface area contributed by atoms with Crippen molar-refractivity contribution in [1.29, 1.82) is 0 Å². The van der Waals surface area contributed by atoms with Gasteiger partial charge in [-0.2, -0.15) is 0 Å². The van der Waals surface area contributed by atoms with Gasteiger partial charge in [0, 0.05) is 16.1 Å². The van der Waals surface area contributed by atoms with E-state index in [4.69, 9.17) is 21.3 Å². The molecule has 0 fully saturated rings. The predicted octanol–water partition coefficient (Wildman–Crippen LogP) is 6.99. The molecule has 3 aromatic carbocycles. The van der Waals surface area contributed by atoms with Crippen LogP contribution in [0.25, 0.3) is 6.08 Å². The molecule has 0 aliphatic heterocycles. The van der Waals surface area contributed by atoms with Gasteiger partial charge in [0.05, 0.1) is 5.71 Å². The number of esters is 1. The molecule has 164 valence electrons. The Morgan fingerprint density at radius 1 is 0.938 bits per heavy atom. The lowest BCUT2D eigenvalue weighted by Gasteiger charge is -2.22. The molecule has 0 unspecified atom stereocenters. The van der Waals surface area contributed by atoms with Gasteiger partial charge in [0.1, 0.15) is 5.60 Å². The molecule has 1 atom stereocenters. The highest BCUT2D eigenvalue weighted by Crippen LogP contribution is 2.18. The van der Waals surface area contributed by atoms with Gasteiger partial charge in [-0.15, -0.1) is 0 Å². The predicted molar refractivity (Wildman–Crippen MR) is 133 cm³/mol. The summed E-state index contributed by atoms with van der Waals surface area (Å²) in [5.74, 6) is -0.349. The molecule has 0 saturated heterocycles. The second-order valence-electron chi connectivity index (χ2n) is 8.45. The summed E-state index contributed by atoms with van der Waals surface area (Å²) in [4.78, 5) is 18.0. The van der Waals surface area contributed by atoms with Crippen molar-refractivity contribution in [1.82, 2.24) is 0 Å². The van der Waals surface area contributed by atoms with Crippen LogP contribution in [-0.2, 0) is 9.53 Å². The van der Waals surface area contributed by atoms with Crippen molar-refractivity contribution >= 4 is 29.4 Å². The molecule has 0 heterocycles. The van der Waals surface area contributed by atoms with Crippen molar-refractivity contribution in [3.05, 3.63) is 113 Å². The van der Waals surface area contributed by atoms with Gasteiger partial charge in [-0.1, -0.05) is 96.5 Å². The molecule has 4 heteroatoms. The van der Waals surface area contributed by atoms with Crippen LogP contribution in [-0.4, -0.2) is 23.3 Å². The number of carbonyl (C=O) groups excluding carboxylic acids is 1. The molecule has 0 aromatic heterocycles. The van der Waals surface area contributed by atoms with Crippen LogP contribution in [0.15, 0.2) is 96.0 Å². The van der Waals surface area contributed by atoms with E-state index in [-0.39, 0.29) is 5.97 Å². The number of aliphatic imine (C=N–C) groups is 1. The fourth-order valence-corrected chi connectivity index (χ4v) is 3.38. The Labute approximate surface area is 195 Å². The summed E-state index contributed by atoms with van der Waals surface area (Å²) in [6.07, 6.45) is 4.30. The lowest BCUT2D eigenvalue weighted by atomic mass is 10.0. The van der Waals surface area contributed by atoms with E-state index in [1.165, 1.54) is 0 Å². The Morgan fingerprint density at radius 2 is 1.53 bits per heavy atom. The Kier molecular flexibility index (Phi) is 8.02. The third-order valence-electron chi connectivity index (χ3n) is 4.58. The zero-order chi connectivity index (χ0) is 23.0. The van der Waals surface area contributed by atoms with E-state index in [0.717, 1.165) is 22.4 Å². The van der Waals surface area contributed by atoms with Crippen LogP contribution < -0.4 is 0 Å². The summed E-state index contributed by atoms with van der Waals surface area (Å²) < 4.78 is 5.69. The van der Waals surface area contributed by atoms with Crippen molar-refractivity contribution in [3.63, 3.8) is 0 Å². The largest absolute Gasteiger partial charge is 0.458 e. The number of ether oxygens (including phenoxy) is 1. The topological polar surface area (TPSA) is 38.7 Å². The van der Waals surface area contributed by atoms with Gasteiger partial charge >= 0.3 is 5.97 Å². The quantitative estimate of drug-likeness (QED) is 0.290. The molecule has 3 rings (SSSR count). The van der Waals surface area contributed by atoms with Crippen LogP contribution in [0, 0.1) is 0 Å². The summed E-state index contributed by atoms with van der Waals surface area (Å²) in [7, 11) is 0. The third-order valence-corrected chi connectivity index (χ3v) is 4.81. The zero-order valence-corrected chi connectivity index (χ0v) is 19.4. The van der Waals surface area contributed by atoms with Crippen molar-refractivity contribution in [3.8, 4) is 0 Å². The van der Waals surface area contributed by atoms with Gasteiger partial charge < -0.3 is 4.74 Å². The molecule has 32 heavy (non-hydrogen) atoms. The van der Waals surface area contributed by atoms with Crippen molar-refractivity contribution in [2.75, 3.05) is 0 Å². The van der Waals surface area contributed by atoms with Gasteiger partial charge in [-0.25, -0.2) is 4.79 Å². The summed E-state index contributed by atoms with van der Waals surface area (Å²) in [6, 6.07) is 26.7. The average molecular weight is 446 g/mol. The Hall–Kier alpha value is -3.17. The van der Waals surface area contributed by atoms with E-state index in [1.54, 1.807) is 0 Å². The van der Waals surface area contributed by atoms with E-state index < -0.39 is 11.6 Å². The third kappa shape index (κ3) is 7.21. The van der Waals surface area contributed by atoms with Gasteiger partial charge in [0.15, 0.2) is 6.04 Å². The minimum atomic E-state index is -0.680. The maximum absolute atomic E-state index is 13.1. The first kappa shape index (κ1) is 23.5. The Morgan fingerprint density at radius 3 is 2.06 bits per heavy atom. The minimum Gasteiger partial charge on any atom is -0.458 e. The molecular weight excluding hydrogens is 418 g/mol. The van der Waals surface area contributed by atoms with E-state index in [0.29, 0.717) is 11.4 Å². The smallest absolute Gasteiger partial charge is 0.331 e. The maximum atomic E-state index is 13.1. The first-order valence-electron chi connectivity index (χ1n) is 10.7. The van der Waals surface area contributed by atoms with Crippen LogP contribution in [0.4, 0.5) is 0 Å². The number of hydrogen-bond acceptors (Lipinski definition) is 3. The van der Waals surface area contributed by atoms with Crippen molar-refractivity contribution in [2.24, 2.45) is 4.99 Å². The fourth-order valence-electron chi connectivity index (χ4n) is 3.18. The molecular formula is C28H28ClNO2. The lowest BCUT2D eigenvalue weighted by Crippen LogP contribution is -2.31. The lowest BCUT2D eigenvalue weighted by molar-refractivity contribution is -0.156. The molecule has 0 radical (unpaired) electrons. The average Bonchev–Trinajstić information content (AvgIpc) is 2.76. The second kappa shape index (κ2) is 10.9. The summed E-state index contributed by atoms with van der Waals surface area (Å²) in [5, 5.41) is 0.671. The number of halogens is 1. The van der Waals surface area contributed by atoms with Crippen molar-refractivity contribution < 1.29 is 9.53 Å². The Balaban J connectivity index is 1.97. The van der Waals surface area contributed by atoms with E-state index in [2.05, 4.69) is 0 Å². The SMILES string of the molecule is CC(C)(C)OC(=O)[C@H](C/C=C/c1cccc(Cl)c1)N=C(c1ccccc1)c1ccccc1. The van der Waals surface area contributed by atoms with Crippen molar-refractivity contribution in [2.45, 2.75) is 38.8 Å². The normalized spacial score (nSPS) is 12.4. The highest BCUT2D eigenvalue weighted by Gasteiger charge is 2.25. The number of benzene rings is 3. The first-order chi connectivity index (χ1) is 15.3. The van der Waals surface area contributed by atoms with E-state index in [9.17, 15) is 4.79 Å². The first-order valence-corrected chi connectivity index (χ1v) is 11.0. The van der Waals surface area contributed by atoms with Crippen LogP contribution in [0.3, 0.4) is 0 Å². The van der Waals surface area contributed by atoms with Gasteiger partial charge in [0.2, 0.25) is 0 Å². The summed E-state index contributed by atoms with van der Waals surface area (Å²) >= 11 is 6.08. The summed E-state index contributed by atoms with van der Waals surface area (Å²) in [6.45, 7) is 5.59. The Bertz CT molecular complexity index is 1040. The van der Waals surface area contributed by atoms with Crippen LogP contribution >= 0.6 is 11.6 Å². The number of nitrogens with zero attached hydrogens (tertiary/aromatic N) is 1. The zero-order valence-electron chi connectivity index (χ0n) is 18.7. The number of hydrogen-bond donors (Lipinski definition) is 0. The highest BCUT2D eigenvalue weighted by molar-refractivity contribution is 6.30. The molecule has 0 bridgehead atoms. The van der Waals surface area contributed by atoms with Gasteiger partial charge in [-0.3, -0.25) is 4.99 Å². The molecule has 0 amide bonds. The number of rotatable bonds is 7. The molecule has 0 aliphatic rings. The van der Waals surface area contributed by atoms with Gasteiger partial charge in [-0.05, 0) is 44.9 Å². The van der Waals surface area contributed by atoms with Gasteiger partial charge in [0.25, 0.3) is 0 Å². The molecule has 3 aromatic rings. The van der Waals surface area contributed by atoms with E-state index in [1.807, 2.05) is 118 Å². The van der Waals surface area contributed by atoms with Crippen LogP contribution in [0.5, 0.6) is 0 Å². The standard InChI is InChI=1S/C28H28ClNO2/c1-28(2,3)32-27(31)25(19-11-13-21-12-10-18-24(29)20-21)30-26(22-14-6-4-7-15-22)23-16-8-5-9-17-23/h4-18,20,25H,19H2,1-3H3/b13-11+/t25-/m0/s1. The molecule has 3 nitrogen and oxygen atoms in total. The summed E-state index contributed by atoms with van der Waals surface area (Å²) in [5.41, 5.74) is 3.03. The van der Waals surface area contributed by atoms with Crippen LogP contribution in [0.1, 0.15) is 43.9 Å².